The molecule has 0 fully saturated rings. The summed E-state index contributed by atoms with van der Waals surface area (Å²) in [6.45, 7) is 0. The van der Waals surface area contributed by atoms with Gasteiger partial charge in [0.05, 0.1) is 0 Å². The summed E-state index contributed by atoms with van der Waals surface area (Å²) in [7, 11) is 0. The highest BCUT2D eigenvalue weighted by Gasteiger charge is 1.91. The van der Waals surface area contributed by atoms with Crippen LogP contribution in [0.2, 0.25) is 5.28 Å². The molecule has 48 valence electrons. The Labute approximate surface area is 61.8 Å². The van der Waals surface area contributed by atoms with Gasteiger partial charge in [-0.05, 0) is 29.6 Å². The number of hydrogen-bond acceptors (Lipinski definition) is 4. The van der Waals surface area contributed by atoms with Gasteiger partial charge in [0.25, 0.3) is 0 Å². The van der Waals surface area contributed by atoms with E-state index in [0.717, 1.165) is 11.9 Å². The summed E-state index contributed by atoms with van der Waals surface area (Å²) in [6.07, 6.45) is 1.56. The lowest BCUT2D eigenvalue weighted by molar-refractivity contribution is 1.05. The molecule has 0 amide bonds. The van der Waals surface area contributed by atoms with Crippen LogP contribution in [0.3, 0.4) is 0 Å². The summed E-state index contributed by atoms with van der Waals surface area (Å²) in [5, 5.41) is 6.09. The molecule has 0 atom stereocenters. The Balaban J connectivity index is 2.94. The normalized spacial score (nSPS) is 9.56. The second-order valence-electron chi connectivity index (χ2n) is 1.28. The van der Waals surface area contributed by atoms with Gasteiger partial charge in [0.2, 0.25) is 5.28 Å². The summed E-state index contributed by atoms with van der Waals surface area (Å²) >= 11 is 6.48. The van der Waals surface area contributed by atoms with Crippen molar-refractivity contribution in [1.29, 1.82) is 0 Å². The Hall–Kier alpha value is -0.320. The minimum atomic E-state index is 0.227. The lowest BCUT2D eigenvalue weighted by Crippen LogP contribution is -1.86. The van der Waals surface area contributed by atoms with Gasteiger partial charge in [-0.1, -0.05) is 0 Å². The highest BCUT2D eigenvalue weighted by molar-refractivity contribution is 7.97. The zero-order valence-electron chi connectivity index (χ0n) is 4.41. The van der Waals surface area contributed by atoms with Gasteiger partial charge in [-0.3, -0.25) is 5.14 Å². The van der Waals surface area contributed by atoms with Gasteiger partial charge in [0, 0.05) is 6.20 Å². The summed E-state index contributed by atoms with van der Waals surface area (Å²) in [5.74, 6) is 0. The van der Waals surface area contributed by atoms with E-state index in [1.807, 2.05) is 0 Å². The van der Waals surface area contributed by atoms with E-state index in [1.165, 1.54) is 0 Å². The molecule has 0 radical (unpaired) electrons. The maximum Gasteiger partial charge on any atom is 0.223 e. The van der Waals surface area contributed by atoms with Crippen LogP contribution in [-0.4, -0.2) is 9.97 Å². The number of aromatic nitrogens is 2. The fourth-order valence-electron chi connectivity index (χ4n) is 0.385. The van der Waals surface area contributed by atoms with Crippen molar-refractivity contribution in [2.45, 2.75) is 5.03 Å². The van der Waals surface area contributed by atoms with E-state index < -0.39 is 0 Å². The van der Waals surface area contributed by atoms with Crippen molar-refractivity contribution < 1.29 is 0 Å². The lowest BCUT2D eigenvalue weighted by atomic mass is 10.7. The monoisotopic (exact) mass is 161 g/mol. The Bertz CT molecular complexity index is 205. The van der Waals surface area contributed by atoms with Crippen LogP contribution >= 0.6 is 23.5 Å². The van der Waals surface area contributed by atoms with Crippen LogP contribution in [0, 0.1) is 0 Å². The number of rotatable bonds is 1. The van der Waals surface area contributed by atoms with Gasteiger partial charge in [0.15, 0.2) is 0 Å². The molecule has 9 heavy (non-hydrogen) atoms. The molecule has 0 bridgehead atoms. The predicted molar refractivity (Wildman–Crippen MR) is 37.1 cm³/mol. The Morgan fingerprint density at radius 2 is 2.44 bits per heavy atom. The molecule has 3 nitrogen and oxygen atoms in total. The maximum atomic E-state index is 5.43. The second-order valence-corrected chi connectivity index (χ2v) is 2.27. The van der Waals surface area contributed by atoms with E-state index in [1.54, 1.807) is 12.3 Å². The molecule has 2 N–H and O–H groups in total. The quantitative estimate of drug-likeness (QED) is 0.381. The van der Waals surface area contributed by atoms with Crippen LogP contribution in [0.1, 0.15) is 0 Å². The Morgan fingerprint density at radius 1 is 1.67 bits per heavy atom. The number of hydrogen-bond donors (Lipinski definition) is 1. The van der Waals surface area contributed by atoms with Crippen LogP contribution < -0.4 is 5.14 Å². The van der Waals surface area contributed by atoms with Crippen molar-refractivity contribution in [2.24, 2.45) is 5.14 Å². The molecule has 0 aliphatic heterocycles. The molecular weight excluding hydrogens is 158 g/mol. The van der Waals surface area contributed by atoms with E-state index in [2.05, 4.69) is 9.97 Å². The molecule has 0 aliphatic carbocycles. The molecule has 0 spiro atoms. The summed E-state index contributed by atoms with van der Waals surface area (Å²) in [6, 6.07) is 1.69. The van der Waals surface area contributed by atoms with Gasteiger partial charge < -0.3 is 0 Å². The van der Waals surface area contributed by atoms with Crippen molar-refractivity contribution in [3.05, 3.63) is 17.5 Å². The first-order valence-corrected chi connectivity index (χ1v) is 3.44. The van der Waals surface area contributed by atoms with E-state index in [9.17, 15) is 0 Å². The fourth-order valence-corrected chi connectivity index (χ4v) is 0.861. The van der Waals surface area contributed by atoms with Crippen molar-refractivity contribution in [3.8, 4) is 0 Å². The molecule has 1 aromatic rings. The van der Waals surface area contributed by atoms with Gasteiger partial charge in [-0.2, -0.15) is 0 Å². The van der Waals surface area contributed by atoms with Gasteiger partial charge >= 0.3 is 0 Å². The summed E-state index contributed by atoms with van der Waals surface area (Å²) < 4.78 is 0. The van der Waals surface area contributed by atoms with E-state index >= 15 is 0 Å². The van der Waals surface area contributed by atoms with Gasteiger partial charge in [-0.15, -0.1) is 0 Å². The van der Waals surface area contributed by atoms with E-state index in [4.69, 9.17) is 16.7 Å². The van der Waals surface area contributed by atoms with Crippen molar-refractivity contribution >= 4 is 23.5 Å². The summed E-state index contributed by atoms with van der Waals surface area (Å²) in [5.41, 5.74) is 0. The highest BCUT2D eigenvalue weighted by atomic mass is 35.5. The average Bonchev–Trinajstić information content (AvgIpc) is 1.88. The van der Waals surface area contributed by atoms with Crippen molar-refractivity contribution in [2.75, 3.05) is 0 Å². The Morgan fingerprint density at radius 3 is 2.89 bits per heavy atom. The van der Waals surface area contributed by atoms with Crippen LogP contribution in [0.15, 0.2) is 17.3 Å². The third-order valence-electron chi connectivity index (χ3n) is 0.721. The molecule has 5 heteroatoms. The third-order valence-corrected chi connectivity index (χ3v) is 1.37. The topological polar surface area (TPSA) is 51.8 Å². The zero-order valence-corrected chi connectivity index (χ0v) is 5.99. The standard InChI is InChI=1S/C4H4ClN3S/c5-4-7-2-1-3(8-4)9-6/h1-2H,6H2. The first-order chi connectivity index (χ1) is 4.33. The SMILES string of the molecule is NSc1ccnc(Cl)n1. The average molecular weight is 162 g/mol. The molecular formula is C4H4ClN3S. The smallest absolute Gasteiger partial charge is 0.223 e. The number of nitrogens with two attached hydrogens (primary N) is 1. The minimum absolute atomic E-state index is 0.227. The molecule has 1 aromatic heterocycles. The van der Waals surface area contributed by atoms with Crippen LogP contribution in [-0.2, 0) is 0 Å². The van der Waals surface area contributed by atoms with Crippen LogP contribution in [0.5, 0.6) is 0 Å². The molecule has 0 aliphatic rings. The maximum absolute atomic E-state index is 5.43. The van der Waals surface area contributed by atoms with Crippen LogP contribution in [0.25, 0.3) is 0 Å². The number of halogens is 1. The Kier molecular flexibility index (Phi) is 2.27. The first-order valence-electron chi connectivity index (χ1n) is 2.18. The van der Waals surface area contributed by atoms with Crippen LogP contribution in [0.4, 0.5) is 0 Å². The van der Waals surface area contributed by atoms with Gasteiger partial charge in [0.1, 0.15) is 5.03 Å². The molecule has 0 saturated carbocycles. The molecule has 1 rings (SSSR count). The number of nitrogens with zero attached hydrogens (tertiary/aromatic N) is 2. The largest absolute Gasteiger partial charge is 0.272 e. The second kappa shape index (κ2) is 3.00. The first kappa shape index (κ1) is 6.80. The fraction of sp³-hybridized carbons (Fsp3) is 0. The molecule has 1 heterocycles. The van der Waals surface area contributed by atoms with E-state index in [0.29, 0.717) is 5.03 Å². The molecule has 0 aromatic carbocycles. The summed E-state index contributed by atoms with van der Waals surface area (Å²) in [4.78, 5) is 7.46. The zero-order chi connectivity index (χ0) is 6.69. The molecule has 0 unspecified atom stereocenters. The van der Waals surface area contributed by atoms with Crippen molar-refractivity contribution in [3.63, 3.8) is 0 Å². The lowest BCUT2D eigenvalue weighted by Gasteiger charge is -1.91. The predicted octanol–water partition coefficient (Wildman–Crippen LogP) is 1.10. The minimum Gasteiger partial charge on any atom is -0.272 e. The van der Waals surface area contributed by atoms with E-state index in [-0.39, 0.29) is 5.28 Å². The molecule has 0 saturated heterocycles. The third kappa shape index (κ3) is 1.82. The van der Waals surface area contributed by atoms with Gasteiger partial charge in [-0.25, -0.2) is 9.97 Å². The highest BCUT2D eigenvalue weighted by Crippen LogP contribution is 2.08. The van der Waals surface area contributed by atoms with Crippen molar-refractivity contribution in [1.82, 2.24) is 9.97 Å².